The zero-order chi connectivity index (χ0) is 52.7. The van der Waals surface area contributed by atoms with Gasteiger partial charge in [-0.2, -0.15) is 46.7 Å². The van der Waals surface area contributed by atoms with Gasteiger partial charge in [-0.05, 0) is 112 Å². The molecule has 71 heavy (non-hydrogen) atoms. The van der Waals surface area contributed by atoms with Gasteiger partial charge in [0.1, 0.15) is 16.3 Å². The molecule has 0 aromatic heterocycles. The van der Waals surface area contributed by atoms with Crippen molar-refractivity contribution in [2.24, 2.45) is 5.84 Å². The fourth-order valence-electron chi connectivity index (χ4n) is 9.88. The summed E-state index contributed by atoms with van der Waals surface area (Å²) in [5.74, 6) is 4.26. The van der Waals surface area contributed by atoms with Crippen LogP contribution >= 0.6 is 0 Å². The van der Waals surface area contributed by atoms with E-state index in [1.54, 1.807) is 49.4 Å². The van der Waals surface area contributed by atoms with Crippen molar-refractivity contribution >= 4 is 95.1 Å². The van der Waals surface area contributed by atoms with Crippen LogP contribution in [0.15, 0.2) is 104 Å². The lowest BCUT2D eigenvalue weighted by Gasteiger charge is -2.30. The minimum atomic E-state index is -5.07. The smallest absolute Gasteiger partial charge is 0.295 e. The van der Waals surface area contributed by atoms with Crippen molar-refractivity contribution in [3.63, 3.8) is 0 Å². The number of nitrogens with zero attached hydrogens (tertiary/aromatic N) is 2. The highest BCUT2D eigenvalue weighted by Gasteiger charge is 2.49. The number of amides is 1. The van der Waals surface area contributed by atoms with Gasteiger partial charge in [0.05, 0.1) is 21.0 Å². The topological polar surface area (TPSA) is 342 Å². The maximum Gasteiger partial charge on any atom is 0.295 e. The number of anilines is 1. The SMILES string of the molecule is CC[N+]1=C(/C=C/C=C/C=C2/N(CCCCCC(=O)NN)c3ccc4c(S(=O)(=O)O)cc(S(=O)(=O)O)cc4c3C2(C)CCOC)C(C)(CCCS(=O)(=O)O)c2c1ccc1c(S(=O)(=O)O)cc(S(=O)(=O)O)cc21. The highest BCUT2D eigenvalue weighted by atomic mass is 32.2. The van der Waals surface area contributed by atoms with Crippen LogP contribution in [0.3, 0.4) is 0 Å². The summed E-state index contributed by atoms with van der Waals surface area (Å²) < 4.78 is 183. The number of hydrazine groups is 1. The summed E-state index contributed by atoms with van der Waals surface area (Å²) in [7, 11) is -23.1. The average Bonchev–Trinajstić information content (AvgIpc) is 3.65. The zero-order valence-electron chi connectivity index (χ0n) is 38.9. The fraction of sp³-hybridized carbons (Fsp3) is 0.378. The zero-order valence-corrected chi connectivity index (χ0v) is 43.0. The molecule has 6 rings (SSSR count). The summed E-state index contributed by atoms with van der Waals surface area (Å²) in [6, 6.07) is 9.57. The monoisotopic (exact) mass is 1080 g/mol. The largest absolute Gasteiger partial charge is 0.385 e. The van der Waals surface area contributed by atoms with Gasteiger partial charge in [-0.1, -0.05) is 30.7 Å². The molecule has 8 N–H and O–H groups in total. The molecule has 0 spiro atoms. The Kier molecular flexibility index (Phi) is 16.0. The molecule has 2 atom stereocenters. The summed E-state index contributed by atoms with van der Waals surface area (Å²) in [6.07, 6.45) is 10.5. The van der Waals surface area contributed by atoms with Gasteiger partial charge in [0.25, 0.3) is 50.6 Å². The third-order valence-corrected chi connectivity index (χ3v) is 17.3. The number of methoxy groups -OCH3 is 1. The molecule has 0 radical (unpaired) electrons. The number of allylic oxidation sites excluding steroid dienone is 6. The number of carbonyl (C=O) groups is 1. The van der Waals surface area contributed by atoms with Crippen molar-refractivity contribution in [2.75, 3.05) is 37.5 Å². The average molecular weight is 1080 g/mol. The van der Waals surface area contributed by atoms with Gasteiger partial charge in [-0.25, -0.2) is 5.84 Å². The van der Waals surface area contributed by atoms with Gasteiger partial charge in [0.15, 0.2) is 5.71 Å². The second-order valence-electron chi connectivity index (χ2n) is 17.6. The Balaban J connectivity index is 1.53. The van der Waals surface area contributed by atoms with Crippen LogP contribution < -0.4 is 16.2 Å². The number of benzene rings is 4. The summed E-state index contributed by atoms with van der Waals surface area (Å²) in [4.78, 5) is 10.7. The number of nitrogens with two attached hydrogens (primary N) is 1. The van der Waals surface area contributed by atoms with E-state index in [-0.39, 0.29) is 66.3 Å². The first kappa shape index (κ1) is 55.3. The van der Waals surface area contributed by atoms with Crippen LogP contribution in [0.5, 0.6) is 0 Å². The van der Waals surface area contributed by atoms with E-state index in [4.69, 9.17) is 10.6 Å². The van der Waals surface area contributed by atoms with Crippen molar-refractivity contribution in [3.05, 3.63) is 95.7 Å². The van der Waals surface area contributed by atoms with Gasteiger partial charge in [-0.15, -0.1) is 0 Å². The van der Waals surface area contributed by atoms with Crippen LogP contribution in [0, 0.1) is 0 Å². The van der Waals surface area contributed by atoms with E-state index in [9.17, 15) is 69.6 Å². The molecular formula is C45H55N4O17S5+. The van der Waals surface area contributed by atoms with Gasteiger partial charge < -0.3 is 9.64 Å². The highest BCUT2D eigenvalue weighted by molar-refractivity contribution is 7.87. The molecule has 0 aliphatic carbocycles. The van der Waals surface area contributed by atoms with E-state index < -0.39 is 86.8 Å². The lowest BCUT2D eigenvalue weighted by atomic mass is 9.74. The molecule has 0 fully saturated rings. The lowest BCUT2D eigenvalue weighted by Crippen LogP contribution is -2.32. The predicted molar refractivity (Wildman–Crippen MR) is 264 cm³/mol. The van der Waals surface area contributed by atoms with E-state index in [0.717, 1.165) is 12.1 Å². The molecule has 2 unspecified atom stereocenters. The normalized spacial score (nSPS) is 19.5. The Morgan fingerprint density at radius 2 is 1.28 bits per heavy atom. The lowest BCUT2D eigenvalue weighted by molar-refractivity contribution is -0.433. The number of fused-ring (bicyclic) bond motifs is 6. The van der Waals surface area contributed by atoms with Crippen LogP contribution in [0.25, 0.3) is 21.5 Å². The van der Waals surface area contributed by atoms with Gasteiger partial charge in [-0.3, -0.25) is 33.0 Å². The van der Waals surface area contributed by atoms with E-state index >= 15 is 0 Å². The van der Waals surface area contributed by atoms with Crippen molar-refractivity contribution in [2.45, 2.75) is 96.1 Å². The van der Waals surface area contributed by atoms with Gasteiger partial charge >= 0.3 is 0 Å². The van der Waals surface area contributed by atoms with E-state index in [1.807, 2.05) is 23.3 Å². The molecule has 21 nitrogen and oxygen atoms in total. The van der Waals surface area contributed by atoms with E-state index in [2.05, 4.69) is 5.43 Å². The van der Waals surface area contributed by atoms with Crippen molar-refractivity contribution in [3.8, 4) is 0 Å². The fourth-order valence-corrected chi connectivity index (χ4v) is 13.1. The van der Waals surface area contributed by atoms with Gasteiger partial charge in [0, 0.05) is 72.0 Å². The van der Waals surface area contributed by atoms with Crippen molar-refractivity contribution in [1.29, 1.82) is 0 Å². The van der Waals surface area contributed by atoms with Gasteiger partial charge in [0.2, 0.25) is 11.6 Å². The van der Waals surface area contributed by atoms with E-state index in [1.165, 1.54) is 19.2 Å². The second kappa shape index (κ2) is 20.5. The quantitative estimate of drug-likeness (QED) is 0.0105. The number of ether oxygens (including phenoxy) is 1. The van der Waals surface area contributed by atoms with E-state index in [0.29, 0.717) is 71.9 Å². The summed E-state index contributed by atoms with van der Waals surface area (Å²) in [5.41, 5.74) is 2.85. The van der Waals surface area contributed by atoms with Crippen LogP contribution in [0.2, 0.25) is 0 Å². The van der Waals surface area contributed by atoms with Crippen LogP contribution in [-0.4, -0.2) is 114 Å². The first-order valence-electron chi connectivity index (χ1n) is 22.0. The summed E-state index contributed by atoms with van der Waals surface area (Å²) in [6.45, 7) is 6.19. The molecular weight excluding hydrogens is 1030 g/mol. The number of hydrogen-bond donors (Lipinski definition) is 7. The molecule has 2 aliphatic heterocycles. The Hall–Kier alpha value is -4.97. The molecule has 2 aliphatic rings. The Labute approximate surface area is 412 Å². The molecule has 0 saturated carbocycles. The molecule has 4 aromatic carbocycles. The Morgan fingerprint density at radius 3 is 1.80 bits per heavy atom. The molecule has 4 aromatic rings. The van der Waals surface area contributed by atoms with Crippen molar-refractivity contribution < 1.29 is 79.0 Å². The first-order valence-corrected chi connectivity index (χ1v) is 29.3. The maximum atomic E-state index is 12.7. The Bertz CT molecular complexity index is 3540. The number of unbranched alkanes of at least 4 members (excludes halogenated alkanes) is 2. The maximum absolute atomic E-state index is 12.7. The molecule has 0 bridgehead atoms. The third-order valence-electron chi connectivity index (χ3n) is 13.0. The predicted octanol–water partition coefficient (Wildman–Crippen LogP) is 5.39. The third kappa shape index (κ3) is 11.5. The second-order valence-corrected chi connectivity index (χ2v) is 24.8. The standard InChI is InChI=1S/C45H54N4O17S5/c1-5-48-35-18-16-31-33(25-29(68(54,55)56)27-37(31)70(60,61)62)42(35)44(2,20-12-24-67(51,52)53)39(48)13-8-6-9-14-40-45(3,21-23-66-4)43-34-26-30(69(57,58)59)28-38(71(63,64)65)32(34)17-19-36(43)49(40)22-11-7-10-15-41(50)47-46/h6,8-9,13-14,16-19,25-28H,5,7,10-12,15,20-24,46H2,1-4H3,(H5-,47,50,51,52,53,54,55,56,57,58,59,60,61,62,63,64,65)/p+1. The first-order chi connectivity index (χ1) is 32.9. The van der Waals surface area contributed by atoms with Crippen LogP contribution in [-0.2, 0) is 71.0 Å². The Morgan fingerprint density at radius 1 is 0.704 bits per heavy atom. The van der Waals surface area contributed by atoms with Crippen molar-refractivity contribution in [1.82, 2.24) is 5.43 Å². The highest BCUT2D eigenvalue weighted by Crippen LogP contribution is 2.54. The molecule has 386 valence electrons. The minimum absolute atomic E-state index is 0.00860. The minimum Gasteiger partial charge on any atom is -0.385 e. The number of hydrogen-bond acceptors (Lipinski definition) is 14. The molecule has 0 saturated heterocycles. The van der Waals surface area contributed by atoms with Crippen LogP contribution in [0.4, 0.5) is 11.4 Å². The summed E-state index contributed by atoms with van der Waals surface area (Å²) >= 11 is 0. The molecule has 2 heterocycles. The summed E-state index contributed by atoms with van der Waals surface area (Å²) in [5, 5.41) is 0.0513. The van der Waals surface area contributed by atoms with Crippen LogP contribution in [0.1, 0.15) is 76.8 Å². The molecule has 1 amide bonds. The molecule has 26 heteroatoms. The number of carbonyl (C=O) groups excluding carboxylic acids is 1. The number of nitrogens with one attached hydrogen (secondary N) is 1. The number of rotatable bonds is 21.